The summed E-state index contributed by atoms with van der Waals surface area (Å²) in [5.74, 6) is -1.52. The van der Waals surface area contributed by atoms with Gasteiger partial charge in [0.15, 0.2) is 18.4 Å². The molecule has 0 saturated carbocycles. The van der Waals surface area contributed by atoms with Crippen LogP contribution in [0.2, 0.25) is 0 Å². The first-order valence-electron chi connectivity index (χ1n) is 11.8. The highest BCUT2D eigenvalue weighted by molar-refractivity contribution is 8.00. The molecule has 2 amide bonds. The number of β-lactam (4-membered cyclic amide) rings is 1. The summed E-state index contributed by atoms with van der Waals surface area (Å²) in [5, 5.41) is 16.5. The van der Waals surface area contributed by atoms with Crippen molar-refractivity contribution in [1.82, 2.24) is 10.2 Å². The minimum absolute atomic E-state index is 0.115. The zero-order valence-corrected chi connectivity index (χ0v) is 21.8. The Morgan fingerprint density at radius 3 is 2.73 bits per heavy atom. The van der Waals surface area contributed by atoms with Crippen LogP contribution in [-0.2, 0) is 20.9 Å². The normalized spacial score (nSPS) is 19.2. The monoisotopic (exact) mass is 531 g/mol. The third-order valence-electron chi connectivity index (χ3n) is 6.39. The fourth-order valence-corrected chi connectivity index (χ4v) is 6.53. The Morgan fingerprint density at radius 1 is 1.16 bits per heavy atom. The van der Waals surface area contributed by atoms with E-state index in [4.69, 9.17) is 0 Å². The van der Waals surface area contributed by atoms with E-state index in [2.05, 4.69) is 5.32 Å². The number of nitrogens with one attached hydrogen (secondary N) is 1. The summed E-state index contributed by atoms with van der Waals surface area (Å²) in [6.07, 6.45) is 5.57. The number of thioether (sulfide) groups is 2. The van der Waals surface area contributed by atoms with Crippen LogP contribution in [0.3, 0.4) is 0 Å². The van der Waals surface area contributed by atoms with Crippen LogP contribution in [0.5, 0.6) is 0 Å². The van der Waals surface area contributed by atoms with Crippen molar-refractivity contribution in [2.45, 2.75) is 29.8 Å². The number of aryl methyl sites for hydroxylation is 1. The maximum Gasteiger partial charge on any atom is 0.253 e. The van der Waals surface area contributed by atoms with Gasteiger partial charge < -0.3 is 15.2 Å². The number of aliphatic carboxylic acids is 1. The quantitative estimate of drug-likeness (QED) is 0.272. The highest BCUT2D eigenvalue weighted by Gasteiger charge is 2.52. The molecule has 3 heterocycles. The van der Waals surface area contributed by atoms with Crippen molar-refractivity contribution < 1.29 is 24.1 Å². The van der Waals surface area contributed by atoms with Gasteiger partial charge in [-0.25, -0.2) is 0 Å². The zero-order chi connectivity index (χ0) is 25.9. The van der Waals surface area contributed by atoms with E-state index in [1.807, 2.05) is 84.4 Å². The number of aromatic nitrogens is 1. The molecule has 5 rings (SSSR count). The molecule has 2 atom stereocenters. The molecule has 9 heteroatoms. The van der Waals surface area contributed by atoms with Gasteiger partial charge in [-0.15, -0.1) is 23.5 Å². The number of amides is 2. The molecule has 188 valence electrons. The molecule has 0 aliphatic carbocycles. The van der Waals surface area contributed by atoms with Gasteiger partial charge in [-0.2, -0.15) is 4.57 Å². The molecule has 0 unspecified atom stereocenters. The SMILES string of the molecule is Cc1cccc[n+]1CC=CC1=C(C(=O)[O-])N2C(=O)[C@@H](NC(=O)CSc3ccc4ccccc4c3)[C@H]2SC1. The lowest BCUT2D eigenvalue weighted by Gasteiger charge is -2.50. The number of carboxylic acids is 1. The lowest BCUT2D eigenvalue weighted by Crippen LogP contribution is -2.71. The lowest BCUT2D eigenvalue weighted by molar-refractivity contribution is -0.693. The summed E-state index contributed by atoms with van der Waals surface area (Å²) in [7, 11) is 0. The molecule has 37 heavy (non-hydrogen) atoms. The number of hydrogen-bond acceptors (Lipinski definition) is 6. The lowest BCUT2D eigenvalue weighted by atomic mass is 10.0. The van der Waals surface area contributed by atoms with Crippen LogP contribution in [0, 0.1) is 6.92 Å². The number of carbonyl (C=O) groups is 3. The number of allylic oxidation sites excluding steroid dienone is 2. The van der Waals surface area contributed by atoms with Crippen molar-refractivity contribution in [2.75, 3.05) is 11.5 Å². The number of rotatable bonds is 8. The predicted octanol–water partition coefficient (Wildman–Crippen LogP) is 2.19. The molecular weight excluding hydrogens is 506 g/mol. The van der Waals surface area contributed by atoms with Gasteiger partial charge in [-0.05, 0) is 34.6 Å². The molecule has 1 saturated heterocycles. The summed E-state index contributed by atoms with van der Waals surface area (Å²) in [4.78, 5) is 39.7. The largest absolute Gasteiger partial charge is 0.543 e. The Balaban J connectivity index is 1.21. The molecule has 3 aromatic rings. The molecule has 1 aromatic heterocycles. The highest BCUT2D eigenvalue weighted by atomic mass is 32.2. The second-order valence-electron chi connectivity index (χ2n) is 8.81. The molecule has 2 aliphatic rings. The zero-order valence-electron chi connectivity index (χ0n) is 20.1. The average molecular weight is 532 g/mol. The predicted molar refractivity (Wildman–Crippen MR) is 142 cm³/mol. The Bertz CT molecular complexity index is 1450. The molecule has 1 fully saturated rings. The van der Waals surface area contributed by atoms with Crippen LogP contribution >= 0.6 is 23.5 Å². The molecule has 2 aromatic carbocycles. The maximum atomic E-state index is 12.9. The smallest absolute Gasteiger partial charge is 0.253 e. The van der Waals surface area contributed by atoms with Gasteiger partial charge in [0.05, 0.1) is 17.4 Å². The summed E-state index contributed by atoms with van der Waals surface area (Å²) in [6.45, 7) is 2.57. The van der Waals surface area contributed by atoms with Gasteiger partial charge in [-0.1, -0.05) is 42.5 Å². The summed E-state index contributed by atoms with van der Waals surface area (Å²) >= 11 is 2.83. The summed E-state index contributed by atoms with van der Waals surface area (Å²) in [5.41, 5.74) is 1.49. The first kappa shape index (κ1) is 25.1. The van der Waals surface area contributed by atoms with Crippen molar-refractivity contribution in [1.29, 1.82) is 0 Å². The maximum absolute atomic E-state index is 12.9. The highest BCUT2D eigenvalue weighted by Crippen LogP contribution is 2.40. The Hall–Kier alpha value is -3.56. The molecule has 7 nitrogen and oxygen atoms in total. The van der Waals surface area contributed by atoms with Crippen molar-refractivity contribution in [3.63, 3.8) is 0 Å². The van der Waals surface area contributed by atoms with Crippen LogP contribution < -0.4 is 15.0 Å². The van der Waals surface area contributed by atoms with Crippen LogP contribution in [0.25, 0.3) is 10.8 Å². The van der Waals surface area contributed by atoms with Gasteiger partial charge in [-0.3, -0.25) is 14.5 Å². The number of pyridine rings is 1. The van der Waals surface area contributed by atoms with Gasteiger partial charge >= 0.3 is 0 Å². The number of carboxylic acid groups (broad SMARTS) is 1. The molecule has 0 spiro atoms. The average Bonchev–Trinajstić information content (AvgIpc) is 2.91. The number of fused-ring (bicyclic) bond motifs is 2. The molecule has 0 bridgehead atoms. The Morgan fingerprint density at radius 2 is 1.95 bits per heavy atom. The Labute approximate surface area is 223 Å². The summed E-state index contributed by atoms with van der Waals surface area (Å²) < 4.78 is 2.03. The van der Waals surface area contributed by atoms with Crippen molar-refractivity contribution in [3.8, 4) is 0 Å². The van der Waals surface area contributed by atoms with E-state index >= 15 is 0 Å². The van der Waals surface area contributed by atoms with E-state index < -0.39 is 23.3 Å². The topological polar surface area (TPSA) is 93.4 Å². The molecular formula is C28H25N3O4S2. The van der Waals surface area contributed by atoms with E-state index in [0.717, 1.165) is 21.4 Å². The van der Waals surface area contributed by atoms with E-state index in [-0.39, 0.29) is 17.4 Å². The van der Waals surface area contributed by atoms with Gasteiger partial charge in [0.2, 0.25) is 5.91 Å². The summed E-state index contributed by atoms with van der Waals surface area (Å²) in [6, 6.07) is 19.2. The fourth-order valence-electron chi connectivity index (χ4n) is 4.46. The first-order valence-corrected chi connectivity index (χ1v) is 13.9. The van der Waals surface area contributed by atoms with Crippen LogP contribution in [-0.4, -0.2) is 45.6 Å². The van der Waals surface area contributed by atoms with Gasteiger partial charge in [0.1, 0.15) is 11.4 Å². The van der Waals surface area contributed by atoms with E-state index in [9.17, 15) is 19.5 Å². The fraction of sp³-hybridized carbons (Fsp3) is 0.214. The number of benzene rings is 2. The van der Waals surface area contributed by atoms with Crippen molar-refractivity contribution >= 4 is 52.1 Å². The van der Waals surface area contributed by atoms with E-state index in [1.165, 1.54) is 28.4 Å². The van der Waals surface area contributed by atoms with E-state index in [0.29, 0.717) is 17.9 Å². The van der Waals surface area contributed by atoms with Crippen LogP contribution in [0.4, 0.5) is 0 Å². The van der Waals surface area contributed by atoms with Gasteiger partial charge in [0.25, 0.3) is 5.91 Å². The third kappa shape index (κ3) is 5.28. The molecule has 2 aliphatic heterocycles. The third-order valence-corrected chi connectivity index (χ3v) is 8.68. The standard InChI is InChI=1S/C28H25N3O4S2/c1-18-7-4-5-13-30(18)14-6-10-21-16-37-27-24(26(33)31(27)25(21)28(34)35)29-23(32)17-36-22-12-11-19-8-2-3-9-20(19)15-22/h2-13,15,24,27H,14,16-17H2,1H3,(H-,29,32,34,35)/t24-,27-/m1/s1. The molecule has 1 N–H and O–H groups in total. The van der Waals surface area contributed by atoms with Crippen LogP contribution in [0.1, 0.15) is 5.69 Å². The minimum Gasteiger partial charge on any atom is -0.543 e. The number of carbonyl (C=O) groups excluding carboxylic acids is 3. The second-order valence-corrected chi connectivity index (χ2v) is 11.0. The van der Waals surface area contributed by atoms with Crippen molar-refractivity contribution in [2.24, 2.45) is 0 Å². The van der Waals surface area contributed by atoms with E-state index in [1.54, 1.807) is 6.08 Å². The van der Waals surface area contributed by atoms with Gasteiger partial charge in [0, 0.05) is 29.7 Å². The first-order chi connectivity index (χ1) is 17.9. The van der Waals surface area contributed by atoms with Crippen LogP contribution in [0.15, 0.2) is 95.2 Å². The number of nitrogens with zero attached hydrogens (tertiary/aromatic N) is 2. The van der Waals surface area contributed by atoms with Crippen molar-refractivity contribution in [3.05, 3.63) is 96.0 Å². The number of hydrogen-bond donors (Lipinski definition) is 1. The molecule has 0 radical (unpaired) electrons. The minimum atomic E-state index is -1.39. The Kier molecular flexibility index (Phi) is 7.34. The second kappa shape index (κ2) is 10.8.